The van der Waals surface area contributed by atoms with Crippen LogP contribution in [0.3, 0.4) is 0 Å². The molecule has 1 aliphatic heterocycles. The van der Waals surface area contributed by atoms with Crippen LogP contribution in [0.4, 0.5) is 4.79 Å². The Labute approximate surface area is 169 Å². The molecule has 1 aliphatic rings. The summed E-state index contributed by atoms with van der Waals surface area (Å²) >= 11 is 2.15. The number of benzene rings is 1. The van der Waals surface area contributed by atoms with Gasteiger partial charge in [-0.1, -0.05) is 73.7 Å². The van der Waals surface area contributed by atoms with Gasteiger partial charge in [0.1, 0.15) is 0 Å². The van der Waals surface area contributed by atoms with E-state index in [0.717, 1.165) is 13.1 Å². The third-order valence-electron chi connectivity index (χ3n) is 4.79. The van der Waals surface area contributed by atoms with Crippen molar-refractivity contribution in [2.24, 2.45) is 0 Å². The molecular weight excluding hydrogens is 445 g/mol. The van der Waals surface area contributed by atoms with Crippen molar-refractivity contribution in [2.75, 3.05) is 31.1 Å². The maximum atomic E-state index is 13.1. The summed E-state index contributed by atoms with van der Waals surface area (Å²) in [6.45, 7) is 8.41. The van der Waals surface area contributed by atoms with E-state index in [0.29, 0.717) is 18.5 Å². The summed E-state index contributed by atoms with van der Waals surface area (Å²) in [5, 5.41) is 2.37. The highest BCUT2D eigenvalue weighted by molar-refractivity contribution is 14.1. The van der Waals surface area contributed by atoms with Gasteiger partial charge in [0, 0.05) is 13.1 Å². The molecule has 4 amide bonds. The number of hydrogen-bond donors (Lipinski definition) is 1. The van der Waals surface area contributed by atoms with Gasteiger partial charge in [-0.2, -0.15) is 0 Å². The molecule has 0 spiro atoms. The van der Waals surface area contributed by atoms with Crippen molar-refractivity contribution in [1.82, 2.24) is 15.1 Å². The van der Waals surface area contributed by atoms with Gasteiger partial charge in [0.15, 0.2) is 5.41 Å². The molecule has 7 heteroatoms. The first-order valence-corrected chi connectivity index (χ1v) is 11.0. The Kier molecular flexibility index (Phi) is 9.21. The molecule has 0 bridgehead atoms. The fraction of sp³-hybridized carbons (Fsp3) is 0.526. The number of alkyl halides is 1. The van der Waals surface area contributed by atoms with E-state index in [-0.39, 0.29) is 6.54 Å². The minimum Gasteiger partial charge on any atom is -0.302 e. The highest BCUT2D eigenvalue weighted by Gasteiger charge is 2.53. The number of nitrogens with one attached hydrogen (secondary N) is 1. The van der Waals surface area contributed by atoms with Crippen LogP contribution >= 0.6 is 22.6 Å². The van der Waals surface area contributed by atoms with Crippen LogP contribution in [0.15, 0.2) is 30.3 Å². The van der Waals surface area contributed by atoms with Crippen LogP contribution in [0.1, 0.15) is 32.8 Å². The van der Waals surface area contributed by atoms with Gasteiger partial charge in [-0.25, -0.2) is 4.79 Å². The largest absolute Gasteiger partial charge is 0.330 e. The molecule has 1 aromatic carbocycles. The number of urea groups is 1. The molecule has 1 N–H and O–H groups in total. The van der Waals surface area contributed by atoms with E-state index in [1.165, 1.54) is 4.90 Å². The van der Waals surface area contributed by atoms with Crippen LogP contribution in [0.2, 0.25) is 0 Å². The number of halogens is 1. The highest BCUT2D eigenvalue weighted by Crippen LogP contribution is 2.33. The summed E-state index contributed by atoms with van der Waals surface area (Å²) < 4.78 is 0. The number of hydrogen-bond acceptors (Lipinski definition) is 4. The monoisotopic (exact) mass is 473 g/mol. The molecule has 0 saturated carbocycles. The van der Waals surface area contributed by atoms with Gasteiger partial charge in [-0.15, -0.1) is 0 Å². The Hall–Kier alpha value is -1.48. The van der Waals surface area contributed by atoms with Gasteiger partial charge in [0.2, 0.25) is 5.91 Å². The van der Waals surface area contributed by atoms with Crippen molar-refractivity contribution in [3.63, 3.8) is 0 Å². The number of amides is 4. The number of imide groups is 2. The van der Waals surface area contributed by atoms with Gasteiger partial charge >= 0.3 is 6.03 Å². The molecule has 0 aromatic heterocycles. The minimum atomic E-state index is -1.33. The topological polar surface area (TPSA) is 69.7 Å². The van der Waals surface area contributed by atoms with E-state index < -0.39 is 23.3 Å². The third-order valence-corrected chi connectivity index (χ3v) is 4.79. The fourth-order valence-corrected chi connectivity index (χ4v) is 3.17. The molecular formula is C19H28IN3O3. The average molecular weight is 473 g/mol. The van der Waals surface area contributed by atoms with E-state index in [4.69, 9.17) is 0 Å². The second kappa shape index (κ2) is 10.6. The summed E-state index contributed by atoms with van der Waals surface area (Å²) in [4.78, 5) is 43.2. The zero-order valence-electron chi connectivity index (χ0n) is 15.9. The van der Waals surface area contributed by atoms with E-state index >= 15 is 0 Å². The number of barbiturate groups is 1. The minimum absolute atomic E-state index is 0.272. The molecule has 26 heavy (non-hydrogen) atoms. The van der Waals surface area contributed by atoms with Crippen LogP contribution in [-0.2, 0) is 15.0 Å². The van der Waals surface area contributed by atoms with E-state index in [1.807, 2.05) is 24.8 Å². The van der Waals surface area contributed by atoms with E-state index in [1.54, 1.807) is 31.2 Å². The maximum Gasteiger partial charge on any atom is 0.330 e. The molecule has 0 aliphatic carbocycles. The Morgan fingerprint density at radius 2 is 1.62 bits per heavy atom. The Morgan fingerprint density at radius 1 is 1.04 bits per heavy atom. The molecule has 1 unspecified atom stereocenters. The lowest BCUT2D eigenvalue weighted by molar-refractivity contribution is -0.145. The molecule has 2 rings (SSSR count). The van der Waals surface area contributed by atoms with Crippen LogP contribution in [-0.4, -0.2) is 58.8 Å². The first kappa shape index (κ1) is 22.6. The van der Waals surface area contributed by atoms with Crippen molar-refractivity contribution >= 4 is 40.4 Å². The molecule has 0 radical (unpaired) electrons. The first-order chi connectivity index (χ1) is 12.5. The van der Waals surface area contributed by atoms with Crippen LogP contribution in [0, 0.1) is 0 Å². The normalized spacial score (nSPS) is 19.9. The lowest BCUT2D eigenvalue weighted by atomic mass is 9.75. The van der Waals surface area contributed by atoms with Gasteiger partial charge < -0.3 is 4.90 Å². The number of carbonyl (C=O) groups excluding carboxylic acids is 3. The third kappa shape index (κ3) is 4.43. The first-order valence-electron chi connectivity index (χ1n) is 8.84. The second-order valence-corrected chi connectivity index (χ2v) is 5.87. The molecule has 1 saturated heterocycles. The van der Waals surface area contributed by atoms with E-state index in [9.17, 15) is 14.4 Å². The number of likely N-dealkylation sites (N-methyl/N-ethyl adjacent to an activating group) is 1. The van der Waals surface area contributed by atoms with Gasteiger partial charge in [-0.3, -0.25) is 19.8 Å². The predicted molar refractivity (Wildman–Crippen MR) is 111 cm³/mol. The molecule has 144 valence electrons. The van der Waals surface area contributed by atoms with Crippen molar-refractivity contribution in [2.45, 2.75) is 32.6 Å². The molecule has 1 heterocycles. The lowest BCUT2D eigenvalue weighted by Gasteiger charge is -2.39. The SMILES string of the molecule is CCN(CC)CCN1C(=O)NC(=O)C(CC)(c2ccccc2)C1=O.CI. The number of nitrogens with zero attached hydrogens (tertiary/aromatic N) is 2. The summed E-state index contributed by atoms with van der Waals surface area (Å²) in [5.41, 5.74) is -0.714. The van der Waals surface area contributed by atoms with Crippen LogP contribution in [0.25, 0.3) is 0 Å². The zero-order valence-corrected chi connectivity index (χ0v) is 18.1. The Balaban J connectivity index is 0.00000163. The second-order valence-electron chi connectivity index (χ2n) is 5.87. The lowest BCUT2D eigenvalue weighted by Crippen LogP contribution is -2.66. The Bertz CT molecular complexity index is 620. The summed E-state index contributed by atoms with van der Waals surface area (Å²) in [6, 6.07) is 8.32. The van der Waals surface area contributed by atoms with Crippen molar-refractivity contribution in [3.05, 3.63) is 35.9 Å². The van der Waals surface area contributed by atoms with Crippen LogP contribution in [0.5, 0.6) is 0 Å². The van der Waals surface area contributed by atoms with Gasteiger partial charge in [0.05, 0.1) is 0 Å². The summed E-state index contributed by atoms with van der Waals surface area (Å²) in [5.74, 6) is -0.970. The highest BCUT2D eigenvalue weighted by atomic mass is 127. The summed E-state index contributed by atoms with van der Waals surface area (Å²) in [7, 11) is 0. The maximum absolute atomic E-state index is 13.1. The predicted octanol–water partition coefficient (Wildman–Crippen LogP) is 2.81. The molecule has 1 fully saturated rings. The number of carbonyl (C=O) groups is 3. The standard InChI is InChI=1S/C18H25N3O3.CH3I/c1-4-18(14-10-8-7-9-11-14)15(22)19-17(24)21(16(18)23)13-12-20(5-2)6-3;1-2/h7-11H,4-6,12-13H2,1-3H3,(H,19,22,24);1H3. The van der Waals surface area contributed by atoms with Crippen molar-refractivity contribution in [3.8, 4) is 0 Å². The average Bonchev–Trinajstić information content (AvgIpc) is 2.68. The van der Waals surface area contributed by atoms with E-state index in [2.05, 4.69) is 32.8 Å². The fourth-order valence-electron chi connectivity index (χ4n) is 3.17. The van der Waals surface area contributed by atoms with Crippen molar-refractivity contribution in [1.29, 1.82) is 0 Å². The van der Waals surface area contributed by atoms with Gasteiger partial charge in [-0.05, 0) is 30.0 Å². The Morgan fingerprint density at radius 3 is 2.12 bits per heavy atom. The number of rotatable bonds is 7. The van der Waals surface area contributed by atoms with Crippen LogP contribution < -0.4 is 5.32 Å². The van der Waals surface area contributed by atoms with Crippen molar-refractivity contribution < 1.29 is 14.4 Å². The zero-order chi connectivity index (χ0) is 19.7. The molecule has 6 nitrogen and oxygen atoms in total. The smallest absolute Gasteiger partial charge is 0.302 e. The molecule has 1 aromatic rings. The quantitative estimate of drug-likeness (QED) is 0.376. The molecule has 1 atom stereocenters. The summed E-state index contributed by atoms with van der Waals surface area (Å²) in [6.07, 6.45) is 0.302. The van der Waals surface area contributed by atoms with Gasteiger partial charge in [0.25, 0.3) is 5.91 Å².